The Kier molecular flexibility index (Phi) is 3.57. The maximum absolute atomic E-state index is 13.5. The van der Waals surface area contributed by atoms with E-state index in [2.05, 4.69) is 0 Å². The molecule has 0 spiro atoms. The standard InChI is InChI=1S/C7H2Cl4F4/c8-3-1-2(7(13,14)15)4(9)6(11,12)5(3)10/h1,4H. The molecule has 0 bridgehead atoms. The van der Waals surface area contributed by atoms with Gasteiger partial charge in [-0.25, -0.2) is 4.39 Å². The summed E-state index contributed by atoms with van der Waals surface area (Å²) in [5.74, 6) is 0. The van der Waals surface area contributed by atoms with E-state index in [-0.39, 0.29) is 0 Å². The first-order chi connectivity index (χ1) is 6.58. The monoisotopic (exact) mass is 302 g/mol. The second kappa shape index (κ2) is 3.99. The van der Waals surface area contributed by atoms with Gasteiger partial charge < -0.3 is 0 Å². The van der Waals surface area contributed by atoms with Crippen LogP contribution in [0, 0.1) is 0 Å². The van der Waals surface area contributed by atoms with Crippen molar-refractivity contribution in [1.82, 2.24) is 0 Å². The van der Waals surface area contributed by atoms with Crippen LogP contribution in [-0.4, -0.2) is 16.7 Å². The molecule has 0 saturated carbocycles. The van der Waals surface area contributed by atoms with Gasteiger partial charge >= 0.3 is 6.18 Å². The van der Waals surface area contributed by atoms with Crippen molar-refractivity contribution in [2.75, 3.05) is 0 Å². The van der Waals surface area contributed by atoms with Gasteiger partial charge in [0.25, 0.3) is 0 Å². The molecule has 0 fully saturated rings. The predicted octanol–water partition coefficient (Wildman–Crippen LogP) is 4.69. The van der Waals surface area contributed by atoms with E-state index >= 15 is 0 Å². The lowest BCUT2D eigenvalue weighted by molar-refractivity contribution is -0.0955. The smallest absolute Gasteiger partial charge is 0.218 e. The molecule has 0 aromatic rings. The molecule has 0 radical (unpaired) electrons. The van der Waals surface area contributed by atoms with Crippen molar-refractivity contribution >= 4 is 46.4 Å². The summed E-state index contributed by atoms with van der Waals surface area (Å²) in [4.78, 5) is 0. The zero-order valence-corrected chi connectivity index (χ0v) is 9.70. The summed E-state index contributed by atoms with van der Waals surface area (Å²) in [7, 11) is 0. The van der Waals surface area contributed by atoms with Crippen LogP contribution in [0.15, 0.2) is 21.7 Å². The molecule has 1 rings (SSSR count). The van der Waals surface area contributed by atoms with Gasteiger partial charge in [-0.15, -0.1) is 11.6 Å². The highest BCUT2D eigenvalue weighted by Gasteiger charge is 2.52. The lowest BCUT2D eigenvalue weighted by Gasteiger charge is -2.30. The van der Waals surface area contributed by atoms with Crippen LogP contribution < -0.4 is 0 Å². The number of halogens is 8. The first kappa shape index (κ1) is 13.4. The lowest BCUT2D eigenvalue weighted by Crippen LogP contribution is -2.38. The number of allylic oxidation sites excluding steroid dienone is 4. The van der Waals surface area contributed by atoms with Crippen LogP contribution in [0.3, 0.4) is 0 Å². The number of alkyl halides is 6. The fraction of sp³-hybridized carbons (Fsp3) is 0.429. The molecule has 1 aliphatic carbocycles. The molecule has 2 atom stereocenters. The Balaban J connectivity index is 3.30. The van der Waals surface area contributed by atoms with Crippen LogP contribution in [0.25, 0.3) is 0 Å². The molecule has 15 heavy (non-hydrogen) atoms. The Morgan fingerprint density at radius 2 is 1.73 bits per heavy atom. The van der Waals surface area contributed by atoms with E-state index in [1.54, 1.807) is 0 Å². The van der Waals surface area contributed by atoms with E-state index in [0.29, 0.717) is 6.08 Å². The lowest BCUT2D eigenvalue weighted by atomic mass is 10.0. The summed E-state index contributed by atoms with van der Waals surface area (Å²) in [6.45, 7) is 0. The van der Waals surface area contributed by atoms with Crippen molar-refractivity contribution in [3.05, 3.63) is 21.7 Å². The summed E-state index contributed by atoms with van der Waals surface area (Å²) in [5, 5.41) is -6.54. The zero-order chi connectivity index (χ0) is 12.0. The number of hydrogen-bond donors (Lipinski definition) is 0. The molecule has 0 amide bonds. The van der Waals surface area contributed by atoms with Crippen molar-refractivity contribution in [1.29, 1.82) is 0 Å². The first-order valence-corrected chi connectivity index (χ1v) is 5.02. The van der Waals surface area contributed by atoms with Crippen LogP contribution in [0.1, 0.15) is 0 Å². The summed E-state index contributed by atoms with van der Waals surface area (Å²) in [6, 6.07) is 0. The van der Waals surface area contributed by atoms with Gasteiger partial charge in [0.1, 0.15) is 5.38 Å². The maximum atomic E-state index is 13.5. The molecule has 1 aliphatic rings. The summed E-state index contributed by atoms with van der Waals surface area (Å²) in [5.41, 5.74) is -1.36. The molecule has 0 aromatic heterocycles. The van der Waals surface area contributed by atoms with E-state index in [9.17, 15) is 17.6 Å². The summed E-state index contributed by atoms with van der Waals surface area (Å²) < 4.78 is 50.5. The fourth-order valence-corrected chi connectivity index (χ4v) is 2.00. The van der Waals surface area contributed by atoms with E-state index in [0.717, 1.165) is 0 Å². The van der Waals surface area contributed by atoms with E-state index in [4.69, 9.17) is 46.4 Å². The van der Waals surface area contributed by atoms with Gasteiger partial charge in [0.05, 0.1) is 15.6 Å². The van der Waals surface area contributed by atoms with Gasteiger partial charge in [-0.2, -0.15) is 13.2 Å². The molecular weight excluding hydrogens is 302 g/mol. The normalized spacial score (nSPS) is 33.1. The third-order valence-corrected chi connectivity index (χ3v) is 3.73. The minimum absolute atomic E-state index is 0.460. The SMILES string of the molecule is FC(F)(F)C1=CC(Cl)=C(Cl)C(F)(Cl)C1Cl. The molecule has 2 unspecified atom stereocenters. The zero-order valence-electron chi connectivity index (χ0n) is 6.68. The topological polar surface area (TPSA) is 0 Å². The van der Waals surface area contributed by atoms with Crippen molar-refractivity contribution < 1.29 is 17.6 Å². The first-order valence-electron chi connectivity index (χ1n) is 3.45. The highest BCUT2D eigenvalue weighted by Crippen LogP contribution is 2.49. The Hall–Kier alpha value is 0.360. The Bertz CT molecular complexity index is 341. The van der Waals surface area contributed by atoms with Crippen molar-refractivity contribution in [2.45, 2.75) is 16.7 Å². The van der Waals surface area contributed by atoms with Gasteiger partial charge in [-0.3, -0.25) is 0 Å². The van der Waals surface area contributed by atoms with Crippen molar-refractivity contribution in [3.63, 3.8) is 0 Å². The molecule has 0 N–H and O–H groups in total. The number of rotatable bonds is 0. The molecule has 0 saturated heterocycles. The summed E-state index contributed by atoms with van der Waals surface area (Å²) in [6.07, 6.45) is -4.35. The average molecular weight is 304 g/mol. The van der Waals surface area contributed by atoms with Crippen LogP contribution in [0.5, 0.6) is 0 Å². The third-order valence-electron chi connectivity index (χ3n) is 1.70. The third kappa shape index (κ3) is 2.38. The van der Waals surface area contributed by atoms with E-state index in [1.165, 1.54) is 0 Å². The van der Waals surface area contributed by atoms with Crippen LogP contribution in [0.4, 0.5) is 17.6 Å². The van der Waals surface area contributed by atoms with E-state index < -0.39 is 32.3 Å². The Morgan fingerprint density at radius 1 is 1.27 bits per heavy atom. The molecule has 0 nitrogen and oxygen atoms in total. The van der Waals surface area contributed by atoms with Gasteiger partial charge in [0.2, 0.25) is 5.13 Å². The van der Waals surface area contributed by atoms with Crippen molar-refractivity contribution in [2.24, 2.45) is 0 Å². The molecule has 86 valence electrons. The van der Waals surface area contributed by atoms with Gasteiger partial charge in [-0.1, -0.05) is 34.8 Å². The second-order valence-corrected chi connectivity index (χ2v) is 4.52. The quantitative estimate of drug-likeness (QED) is 0.450. The number of hydrogen-bond acceptors (Lipinski definition) is 0. The molecule has 0 aliphatic heterocycles. The summed E-state index contributed by atoms with van der Waals surface area (Å²) >= 11 is 21.0. The van der Waals surface area contributed by atoms with E-state index in [1.807, 2.05) is 0 Å². The second-order valence-electron chi connectivity index (χ2n) is 2.74. The molecule has 0 heterocycles. The van der Waals surface area contributed by atoms with Crippen LogP contribution in [0.2, 0.25) is 0 Å². The van der Waals surface area contributed by atoms with Crippen LogP contribution in [-0.2, 0) is 0 Å². The highest BCUT2D eigenvalue weighted by atomic mass is 35.5. The minimum Gasteiger partial charge on any atom is -0.218 e. The largest absolute Gasteiger partial charge is 0.414 e. The predicted molar refractivity (Wildman–Crippen MR) is 52.2 cm³/mol. The molecule has 0 aromatic carbocycles. The Morgan fingerprint density at radius 3 is 2.13 bits per heavy atom. The van der Waals surface area contributed by atoms with Gasteiger partial charge in [0, 0.05) is 0 Å². The van der Waals surface area contributed by atoms with Gasteiger partial charge in [-0.05, 0) is 6.08 Å². The molecular formula is C7H2Cl4F4. The Labute approximate surface area is 102 Å². The fourth-order valence-electron chi connectivity index (χ4n) is 0.964. The highest BCUT2D eigenvalue weighted by molar-refractivity contribution is 6.47. The average Bonchev–Trinajstić information content (AvgIpc) is 2.07. The maximum Gasteiger partial charge on any atom is 0.414 e. The van der Waals surface area contributed by atoms with Crippen LogP contribution >= 0.6 is 46.4 Å². The molecule has 8 heteroatoms. The minimum atomic E-state index is -4.81. The van der Waals surface area contributed by atoms with Gasteiger partial charge in [0.15, 0.2) is 0 Å². The van der Waals surface area contributed by atoms with Crippen molar-refractivity contribution in [3.8, 4) is 0 Å².